The second-order valence-corrected chi connectivity index (χ2v) is 16.1. The summed E-state index contributed by atoms with van der Waals surface area (Å²) in [6.45, 7) is 5.75. The molecule has 2 aromatic carbocycles. The van der Waals surface area contributed by atoms with Gasteiger partial charge in [0.2, 0.25) is 0 Å². The van der Waals surface area contributed by atoms with E-state index in [1.165, 1.54) is 10.9 Å². The number of para-hydroxylation sites is 1. The third-order valence-electron chi connectivity index (χ3n) is 10.1. The first-order chi connectivity index (χ1) is 28.5. The second-order valence-electron chi connectivity index (χ2n) is 14.4. The van der Waals surface area contributed by atoms with Gasteiger partial charge in [-0.15, -0.1) is 6.42 Å². The molecule has 1 aliphatic heterocycles. The van der Waals surface area contributed by atoms with E-state index in [0.29, 0.717) is 6.42 Å². The van der Waals surface area contributed by atoms with Gasteiger partial charge in [-0.1, -0.05) is 120 Å². The Labute approximate surface area is 344 Å². The van der Waals surface area contributed by atoms with Crippen LogP contribution in [0.5, 0.6) is 5.75 Å². The fourth-order valence-corrected chi connectivity index (χ4v) is 8.12. The minimum Gasteiger partial charge on any atom is -0.464 e. The van der Waals surface area contributed by atoms with Crippen LogP contribution in [0.4, 0.5) is 15.0 Å². The van der Waals surface area contributed by atoms with Gasteiger partial charge in [-0.2, -0.15) is 19.4 Å². The lowest BCUT2D eigenvalue weighted by molar-refractivity contribution is -0.147. The van der Waals surface area contributed by atoms with Crippen molar-refractivity contribution < 1.29 is 46.5 Å². The highest BCUT2D eigenvalue weighted by Crippen LogP contribution is 2.49. The SMILES string of the molecule is C#C[C@]1(CO[P@@](=O)(N[C@@H](Cc2ccccc2)C(=O)OCC(CC)CC)Oc2ccccc2)O[C@@H](n2cnc3c(N)nc(F)nc32)C[C@@H]1OC(=O)OCCCCCCCC. The number of hydrogen-bond acceptors (Lipinski definition) is 13. The minimum atomic E-state index is -4.59. The average Bonchev–Trinajstić information content (AvgIpc) is 3.82. The number of nitrogens with two attached hydrogens (primary N) is 1. The van der Waals surface area contributed by atoms with Gasteiger partial charge in [-0.05, 0) is 36.5 Å². The van der Waals surface area contributed by atoms with Crippen molar-refractivity contribution in [1.29, 1.82) is 0 Å². The normalized spacial score (nSPS) is 19.2. The van der Waals surface area contributed by atoms with Crippen LogP contribution in [0.25, 0.3) is 11.2 Å². The molecule has 318 valence electrons. The maximum absolute atomic E-state index is 15.0. The monoisotopic (exact) mass is 836 g/mol. The first kappa shape index (κ1) is 45.0. The van der Waals surface area contributed by atoms with Crippen molar-refractivity contribution in [2.45, 2.75) is 109 Å². The zero-order valence-corrected chi connectivity index (χ0v) is 34.7. The molecule has 15 nitrogen and oxygen atoms in total. The molecule has 0 amide bonds. The molecule has 3 N–H and O–H groups in total. The Bertz CT molecular complexity index is 2050. The molecule has 1 aliphatic rings. The van der Waals surface area contributed by atoms with Gasteiger partial charge in [0.15, 0.2) is 28.7 Å². The predicted molar refractivity (Wildman–Crippen MR) is 218 cm³/mol. The van der Waals surface area contributed by atoms with E-state index in [1.54, 1.807) is 30.3 Å². The zero-order chi connectivity index (χ0) is 42.3. The summed E-state index contributed by atoms with van der Waals surface area (Å²) < 4.78 is 66.3. The fourth-order valence-electron chi connectivity index (χ4n) is 6.60. The molecule has 2 aromatic heterocycles. The highest BCUT2D eigenvalue weighted by Gasteiger charge is 2.53. The highest BCUT2D eigenvalue weighted by atomic mass is 31.2. The van der Waals surface area contributed by atoms with E-state index in [4.69, 9.17) is 40.2 Å². The second kappa shape index (κ2) is 21.8. The molecule has 0 aliphatic carbocycles. The summed E-state index contributed by atoms with van der Waals surface area (Å²) in [4.78, 5) is 38.6. The molecule has 0 saturated carbocycles. The summed E-state index contributed by atoms with van der Waals surface area (Å²) in [5.74, 6) is 1.97. The van der Waals surface area contributed by atoms with Crippen LogP contribution >= 0.6 is 7.75 Å². The lowest BCUT2D eigenvalue weighted by atomic mass is 9.99. The molecule has 0 bridgehead atoms. The number of aromatic nitrogens is 4. The number of ether oxygens (including phenoxy) is 4. The topological polar surface area (TPSA) is 188 Å². The molecule has 0 radical (unpaired) electrons. The summed E-state index contributed by atoms with van der Waals surface area (Å²) in [5, 5.41) is 2.83. The third-order valence-corrected chi connectivity index (χ3v) is 11.7. The summed E-state index contributed by atoms with van der Waals surface area (Å²) in [6, 6.07) is 16.1. The van der Waals surface area contributed by atoms with Gasteiger partial charge in [0, 0.05) is 6.42 Å². The highest BCUT2D eigenvalue weighted by molar-refractivity contribution is 7.52. The molecular formula is C42H54FN6O9P. The first-order valence-electron chi connectivity index (χ1n) is 20.1. The van der Waals surface area contributed by atoms with Crippen LogP contribution in [-0.2, 0) is 39.3 Å². The predicted octanol–water partition coefficient (Wildman–Crippen LogP) is 8.10. The standard InChI is InChI=1S/C42H54FN6O9P/c1-5-9-10-11-12-19-24-53-41(51)56-34-26-35(49-29-45-36-37(44)46-40(43)47-38(36)49)57-42(34,8-4)28-55-59(52,58-32-22-17-14-18-23-32)48-33(25-31-20-15-13-16-21-31)39(50)54-27-30(6-2)7-3/h4,13-18,20-23,29-30,33-35H,5-7,9-12,19,24-28H2,1-3H3,(H,48,52)(H2,44,46,47)/t33-,34-,35+,42+,59-/m0/s1. The van der Waals surface area contributed by atoms with Crippen LogP contribution in [0.3, 0.4) is 0 Å². The number of carbonyl (C=O) groups excluding carboxylic acids is 2. The maximum Gasteiger partial charge on any atom is 0.508 e. The molecule has 3 heterocycles. The van der Waals surface area contributed by atoms with Gasteiger partial charge in [-0.25, -0.2) is 14.3 Å². The molecule has 59 heavy (non-hydrogen) atoms. The van der Waals surface area contributed by atoms with E-state index < -0.39 is 56.5 Å². The van der Waals surface area contributed by atoms with Gasteiger partial charge >= 0.3 is 25.9 Å². The number of nitrogen functional groups attached to an aromatic ring is 1. The number of terminal acetylenes is 1. The van der Waals surface area contributed by atoms with Crippen molar-refractivity contribution in [3.8, 4) is 18.1 Å². The third kappa shape index (κ3) is 12.5. The van der Waals surface area contributed by atoms with Crippen LogP contribution in [0.2, 0.25) is 0 Å². The Morgan fingerprint density at radius 1 is 1.03 bits per heavy atom. The van der Waals surface area contributed by atoms with E-state index in [0.717, 1.165) is 50.5 Å². The van der Waals surface area contributed by atoms with E-state index in [2.05, 4.69) is 32.9 Å². The average molecular weight is 837 g/mol. The molecule has 1 fully saturated rings. The molecule has 17 heteroatoms. The largest absolute Gasteiger partial charge is 0.508 e. The van der Waals surface area contributed by atoms with Crippen LogP contribution in [-0.4, -0.2) is 69.2 Å². The Kier molecular flexibility index (Phi) is 16.6. The molecule has 1 saturated heterocycles. The molecule has 4 aromatic rings. The van der Waals surface area contributed by atoms with Crippen LogP contribution < -0.4 is 15.3 Å². The number of nitrogens with one attached hydrogen (secondary N) is 1. The molecule has 5 rings (SSSR count). The maximum atomic E-state index is 15.0. The number of benzene rings is 2. The molecule has 0 spiro atoms. The lowest BCUT2D eigenvalue weighted by Gasteiger charge is -2.31. The smallest absolute Gasteiger partial charge is 0.464 e. The Morgan fingerprint density at radius 3 is 2.42 bits per heavy atom. The van der Waals surface area contributed by atoms with E-state index >= 15 is 4.57 Å². The van der Waals surface area contributed by atoms with Crippen molar-refractivity contribution in [2.24, 2.45) is 5.92 Å². The molecule has 5 atom stereocenters. The number of unbranched alkanes of at least 4 members (excludes halogenated alkanes) is 5. The number of anilines is 1. The van der Waals surface area contributed by atoms with E-state index in [1.807, 2.05) is 44.2 Å². The van der Waals surface area contributed by atoms with Gasteiger partial charge in [-0.3, -0.25) is 13.9 Å². The number of rotatable bonds is 23. The number of hydrogen-bond donors (Lipinski definition) is 2. The van der Waals surface area contributed by atoms with Gasteiger partial charge in [0.25, 0.3) is 0 Å². The Hall–Kier alpha value is -5.07. The molecular weight excluding hydrogens is 782 g/mol. The Morgan fingerprint density at radius 2 is 1.73 bits per heavy atom. The number of esters is 1. The van der Waals surface area contributed by atoms with Crippen LogP contribution in [0.1, 0.15) is 90.3 Å². The van der Waals surface area contributed by atoms with Crippen molar-refractivity contribution in [2.75, 3.05) is 25.6 Å². The summed E-state index contributed by atoms with van der Waals surface area (Å²) in [6.07, 6.45) is 10.4. The van der Waals surface area contributed by atoms with Gasteiger partial charge < -0.3 is 29.2 Å². The van der Waals surface area contributed by atoms with Crippen LogP contribution in [0.15, 0.2) is 67.0 Å². The van der Waals surface area contributed by atoms with Gasteiger partial charge in [0.1, 0.15) is 24.6 Å². The van der Waals surface area contributed by atoms with Crippen molar-refractivity contribution >= 4 is 36.9 Å². The first-order valence-corrected chi connectivity index (χ1v) is 21.7. The van der Waals surface area contributed by atoms with Gasteiger partial charge in [0.05, 0.1) is 19.5 Å². The number of halogens is 1. The summed E-state index contributed by atoms with van der Waals surface area (Å²) in [5.41, 5.74) is 4.82. The van der Waals surface area contributed by atoms with Crippen molar-refractivity contribution in [3.05, 3.63) is 78.6 Å². The number of carbonyl (C=O) groups is 2. The Balaban J connectivity index is 1.44. The quantitative estimate of drug-likeness (QED) is 0.0240. The number of fused-ring (bicyclic) bond motifs is 1. The fraction of sp³-hybridized carbons (Fsp3) is 0.500. The van der Waals surface area contributed by atoms with Crippen LogP contribution in [0, 0.1) is 24.3 Å². The van der Waals surface area contributed by atoms with E-state index in [-0.39, 0.29) is 54.7 Å². The van der Waals surface area contributed by atoms with Crippen molar-refractivity contribution in [1.82, 2.24) is 24.6 Å². The summed E-state index contributed by atoms with van der Waals surface area (Å²) in [7, 11) is -4.59. The number of imidazole rings is 1. The van der Waals surface area contributed by atoms with Crippen molar-refractivity contribution in [3.63, 3.8) is 0 Å². The zero-order valence-electron chi connectivity index (χ0n) is 33.8. The van der Waals surface area contributed by atoms with E-state index in [9.17, 15) is 14.0 Å². The molecule has 0 unspecified atom stereocenters. The number of nitrogens with zero attached hydrogens (tertiary/aromatic N) is 4. The summed E-state index contributed by atoms with van der Waals surface area (Å²) >= 11 is 0. The minimum absolute atomic E-state index is 0.00598. The lowest BCUT2D eigenvalue weighted by Crippen LogP contribution is -2.46.